The summed E-state index contributed by atoms with van der Waals surface area (Å²) in [5.41, 5.74) is 0.547. The van der Waals surface area contributed by atoms with E-state index in [1.54, 1.807) is 12.1 Å². The summed E-state index contributed by atoms with van der Waals surface area (Å²) in [5, 5.41) is 7.62. The minimum Gasteiger partial charge on any atom is -0.449 e. The summed E-state index contributed by atoms with van der Waals surface area (Å²) in [5.74, 6) is -2.17. The quantitative estimate of drug-likeness (QED) is 0.689. The lowest BCUT2D eigenvalue weighted by atomic mass is 10.1. The summed E-state index contributed by atoms with van der Waals surface area (Å²) in [6.07, 6.45) is -0.660. The van der Waals surface area contributed by atoms with Crippen LogP contribution < -0.4 is 10.5 Å². The van der Waals surface area contributed by atoms with Crippen LogP contribution >= 0.6 is 0 Å². The fourth-order valence-electron chi connectivity index (χ4n) is 2.22. The van der Waals surface area contributed by atoms with Crippen LogP contribution in [0.1, 0.15) is 22.8 Å². The normalized spacial score (nSPS) is 12.3. The van der Waals surface area contributed by atoms with E-state index in [0.717, 1.165) is 11.6 Å². The van der Waals surface area contributed by atoms with Gasteiger partial charge in [0.05, 0.1) is 10.5 Å². The molecule has 0 fully saturated rings. The minimum atomic E-state index is -3.75. The largest absolute Gasteiger partial charge is 0.449 e. The average Bonchev–Trinajstić information content (AvgIpc) is 2.61. The molecule has 144 valence electrons. The molecule has 1 amide bonds. The number of hydrogen-bond donors (Lipinski definition) is 2. The van der Waals surface area contributed by atoms with Gasteiger partial charge in [0.15, 0.2) is 6.10 Å². The summed E-state index contributed by atoms with van der Waals surface area (Å²) >= 11 is 0. The Balaban J connectivity index is 1.83. The molecule has 0 heterocycles. The maximum absolute atomic E-state index is 13.5. The first-order chi connectivity index (χ1) is 12.7. The van der Waals surface area contributed by atoms with E-state index in [1.807, 2.05) is 0 Å². The van der Waals surface area contributed by atoms with Gasteiger partial charge in [0.1, 0.15) is 5.82 Å². The van der Waals surface area contributed by atoms with Crippen molar-refractivity contribution in [1.29, 1.82) is 0 Å². The molecular weight excluding hydrogens is 375 g/mol. The standard InChI is InChI=1S/C18H19FN2O5S/c1-12(26-18(23)15-4-2-3-5-16(15)19)17(22)21-11-10-13-6-8-14(9-7-13)27(20,24)25/h2-9,12H,10-11H2,1H3,(H,21,22)(H2,20,24,25)/t12-/m0/s1. The minimum absolute atomic E-state index is 0.00367. The predicted molar refractivity (Wildman–Crippen MR) is 95.8 cm³/mol. The van der Waals surface area contributed by atoms with Gasteiger partial charge in [0.2, 0.25) is 10.0 Å². The molecule has 0 aliphatic carbocycles. The second kappa shape index (κ2) is 8.74. The Hall–Kier alpha value is -2.78. The first-order valence-electron chi connectivity index (χ1n) is 8.03. The summed E-state index contributed by atoms with van der Waals surface area (Å²) in [6, 6.07) is 11.3. The van der Waals surface area contributed by atoms with Gasteiger partial charge >= 0.3 is 5.97 Å². The molecule has 0 saturated carbocycles. The molecule has 0 aliphatic rings. The van der Waals surface area contributed by atoms with Crippen molar-refractivity contribution in [2.24, 2.45) is 5.14 Å². The van der Waals surface area contributed by atoms with Crippen LogP contribution in [0, 0.1) is 5.82 Å². The Kier molecular flexibility index (Phi) is 6.65. The molecule has 27 heavy (non-hydrogen) atoms. The molecular formula is C18H19FN2O5S. The lowest BCUT2D eigenvalue weighted by molar-refractivity contribution is -0.129. The van der Waals surface area contributed by atoms with E-state index in [9.17, 15) is 22.4 Å². The van der Waals surface area contributed by atoms with E-state index in [4.69, 9.17) is 9.88 Å². The van der Waals surface area contributed by atoms with E-state index in [0.29, 0.717) is 6.42 Å². The summed E-state index contributed by atoms with van der Waals surface area (Å²) in [4.78, 5) is 23.9. The molecule has 2 rings (SSSR count). The van der Waals surface area contributed by atoms with Crippen molar-refractivity contribution < 1.29 is 27.1 Å². The lowest BCUT2D eigenvalue weighted by Gasteiger charge is -2.14. The Bertz CT molecular complexity index is 929. The summed E-state index contributed by atoms with van der Waals surface area (Å²) in [7, 11) is -3.75. The topological polar surface area (TPSA) is 116 Å². The van der Waals surface area contributed by atoms with Gasteiger partial charge in [-0.25, -0.2) is 22.7 Å². The number of benzene rings is 2. The molecule has 3 N–H and O–H groups in total. The van der Waals surface area contributed by atoms with Gasteiger partial charge in [-0.2, -0.15) is 0 Å². The number of primary sulfonamides is 1. The number of halogens is 1. The molecule has 9 heteroatoms. The van der Waals surface area contributed by atoms with Crippen molar-refractivity contribution in [2.45, 2.75) is 24.3 Å². The van der Waals surface area contributed by atoms with Gasteiger partial charge in [0, 0.05) is 6.54 Å². The van der Waals surface area contributed by atoms with Crippen molar-refractivity contribution in [2.75, 3.05) is 6.54 Å². The highest BCUT2D eigenvalue weighted by molar-refractivity contribution is 7.89. The van der Waals surface area contributed by atoms with Crippen LogP contribution in [0.2, 0.25) is 0 Å². The van der Waals surface area contributed by atoms with Crippen molar-refractivity contribution in [1.82, 2.24) is 5.32 Å². The number of nitrogens with two attached hydrogens (primary N) is 1. The molecule has 2 aromatic carbocycles. The van der Waals surface area contributed by atoms with Crippen molar-refractivity contribution in [3.63, 3.8) is 0 Å². The second-order valence-corrected chi connectivity index (χ2v) is 7.32. The first-order valence-corrected chi connectivity index (χ1v) is 9.58. The highest BCUT2D eigenvalue weighted by atomic mass is 32.2. The van der Waals surface area contributed by atoms with E-state index in [1.165, 1.54) is 37.3 Å². The second-order valence-electron chi connectivity index (χ2n) is 5.76. The molecule has 0 bridgehead atoms. The zero-order chi connectivity index (χ0) is 20.0. The van der Waals surface area contributed by atoms with Crippen LogP contribution in [0.15, 0.2) is 53.4 Å². The number of esters is 1. The number of amides is 1. The average molecular weight is 394 g/mol. The van der Waals surface area contributed by atoms with Crippen LogP contribution in [0.5, 0.6) is 0 Å². The molecule has 0 aromatic heterocycles. The number of sulfonamides is 1. The first kappa shape index (κ1) is 20.5. The van der Waals surface area contributed by atoms with Crippen LogP contribution in [-0.2, 0) is 26.0 Å². The van der Waals surface area contributed by atoms with Crippen LogP contribution in [0.3, 0.4) is 0 Å². The number of ether oxygens (including phenoxy) is 1. The van der Waals surface area contributed by atoms with Gasteiger partial charge in [-0.15, -0.1) is 0 Å². The number of carbonyl (C=O) groups excluding carboxylic acids is 2. The van der Waals surface area contributed by atoms with Gasteiger partial charge in [0.25, 0.3) is 5.91 Å². The van der Waals surface area contributed by atoms with E-state index < -0.39 is 33.8 Å². The van der Waals surface area contributed by atoms with Crippen molar-refractivity contribution in [3.05, 3.63) is 65.5 Å². The molecule has 7 nitrogen and oxygen atoms in total. The highest BCUT2D eigenvalue weighted by Gasteiger charge is 2.20. The van der Waals surface area contributed by atoms with Gasteiger partial charge in [-0.05, 0) is 43.2 Å². The van der Waals surface area contributed by atoms with Crippen molar-refractivity contribution in [3.8, 4) is 0 Å². The molecule has 0 spiro atoms. The lowest BCUT2D eigenvalue weighted by Crippen LogP contribution is -2.37. The van der Waals surface area contributed by atoms with Gasteiger partial charge < -0.3 is 10.1 Å². The number of rotatable bonds is 7. The molecule has 0 radical (unpaired) electrons. The third-order valence-corrected chi connectivity index (χ3v) is 4.64. The Morgan fingerprint density at radius 1 is 1.15 bits per heavy atom. The van der Waals surface area contributed by atoms with Crippen molar-refractivity contribution >= 4 is 21.9 Å². The summed E-state index contributed by atoms with van der Waals surface area (Å²) < 4.78 is 40.9. The number of nitrogens with one attached hydrogen (secondary N) is 1. The smallest absolute Gasteiger partial charge is 0.341 e. The maximum Gasteiger partial charge on any atom is 0.341 e. The Labute approximate surface area is 156 Å². The van der Waals surface area contributed by atoms with Crippen LogP contribution in [0.25, 0.3) is 0 Å². The molecule has 2 aromatic rings. The van der Waals surface area contributed by atoms with Crippen LogP contribution in [-0.4, -0.2) is 32.9 Å². The third kappa shape index (κ3) is 5.87. The van der Waals surface area contributed by atoms with Gasteiger partial charge in [-0.3, -0.25) is 4.79 Å². The Morgan fingerprint density at radius 2 is 1.78 bits per heavy atom. The van der Waals surface area contributed by atoms with E-state index in [2.05, 4.69) is 5.32 Å². The fourth-order valence-corrected chi connectivity index (χ4v) is 2.74. The maximum atomic E-state index is 13.5. The Morgan fingerprint density at radius 3 is 2.37 bits per heavy atom. The van der Waals surface area contributed by atoms with Gasteiger partial charge in [-0.1, -0.05) is 24.3 Å². The molecule has 1 atom stereocenters. The molecule has 0 saturated heterocycles. The zero-order valence-corrected chi connectivity index (χ0v) is 15.3. The van der Waals surface area contributed by atoms with E-state index in [-0.39, 0.29) is 17.0 Å². The highest BCUT2D eigenvalue weighted by Crippen LogP contribution is 2.10. The zero-order valence-electron chi connectivity index (χ0n) is 14.5. The summed E-state index contributed by atoms with van der Waals surface area (Å²) in [6.45, 7) is 1.63. The molecule has 0 aliphatic heterocycles. The fraction of sp³-hybridized carbons (Fsp3) is 0.222. The van der Waals surface area contributed by atoms with Crippen LogP contribution in [0.4, 0.5) is 4.39 Å². The number of hydrogen-bond acceptors (Lipinski definition) is 5. The van der Waals surface area contributed by atoms with E-state index >= 15 is 0 Å². The molecule has 0 unspecified atom stereocenters. The third-order valence-electron chi connectivity index (χ3n) is 3.71. The predicted octanol–water partition coefficient (Wildman–Crippen LogP) is 1.38. The number of carbonyl (C=O) groups is 2. The monoisotopic (exact) mass is 394 g/mol. The SMILES string of the molecule is C[C@H](OC(=O)c1ccccc1F)C(=O)NCCc1ccc(S(N)(=O)=O)cc1.